The molecule has 0 amide bonds. The zero-order valence-electron chi connectivity index (χ0n) is 8.07. The number of aldehydes is 1. The number of aryl methyl sites for hydroxylation is 1. The molecule has 0 saturated heterocycles. The van der Waals surface area contributed by atoms with Crippen molar-refractivity contribution in [2.75, 3.05) is 0 Å². The lowest BCUT2D eigenvalue weighted by atomic mass is 10.1. The second kappa shape index (κ2) is 3.24. The molecule has 0 atom stereocenters. The summed E-state index contributed by atoms with van der Waals surface area (Å²) in [5.74, 6) is -1.03. The van der Waals surface area contributed by atoms with Gasteiger partial charge in [-0.2, -0.15) is 0 Å². The van der Waals surface area contributed by atoms with Crippen LogP contribution in [0.25, 0.3) is 10.9 Å². The lowest BCUT2D eigenvalue weighted by Crippen LogP contribution is -1.97. The molecule has 2 rings (SSSR count). The Labute approximate surface area is 85.5 Å². The summed E-state index contributed by atoms with van der Waals surface area (Å²) in [7, 11) is 0. The lowest BCUT2D eigenvalue weighted by molar-refractivity contribution is 0.0699. The smallest absolute Gasteiger partial charge is 0.336 e. The van der Waals surface area contributed by atoms with E-state index in [1.807, 2.05) is 0 Å². The number of rotatable bonds is 2. The van der Waals surface area contributed by atoms with Crippen LogP contribution in [0.15, 0.2) is 18.2 Å². The van der Waals surface area contributed by atoms with Crippen molar-refractivity contribution in [1.82, 2.24) is 4.98 Å². The molecular weight excluding hydrogens is 194 g/mol. The highest BCUT2D eigenvalue weighted by molar-refractivity contribution is 6.10. The maximum absolute atomic E-state index is 11.0. The molecule has 0 saturated carbocycles. The van der Waals surface area contributed by atoms with Crippen molar-refractivity contribution in [3.8, 4) is 0 Å². The van der Waals surface area contributed by atoms with Gasteiger partial charge in [0.05, 0.1) is 5.56 Å². The number of carboxylic acid groups (broad SMARTS) is 1. The maximum Gasteiger partial charge on any atom is 0.336 e. The number of hydrogen-bond donors (Lipinski definition) is 2. The number of nitrogens with one attached hydrogen (secondary N) is 1. The number of benzene rings is 1. The Morgan fingerprint density at radius 1 is 1.47 bits per heavy atom. The number of H-pyrrole nitrogens is 1. The van der Waals surface area contributed by atoms with Crippen molar-refractivity contribution in [1.29, 1.82) is 0 Å². The Morgan fingerprint density at radius 3 is 2.80 bits per heavy atom. The Balaban J connectivity index is 2.93. The van der Waals surface area contributed by atoms with Gasteiger partial charge in [-0.3, -0.25) is 4.79 Å². The average Bonchev–Trinajstić information content (AvgIpc) is 2.52. The van der Waals surface area contributed by atoms with Gasteiger partial charge in [-0.05, 0) is 19.1 Å². The third kappa shape index (κ3) is 1.30. The van der Waals surface area contributed by atoms with Crippen LogP contribution in [0.3, 0.4) is 0 Å². The van der Waals surface area contributed by atoms with Crippen molar-refractivity contribution in [2.45, 2.75) is 6.92 Å². The SMILES string of the molecule is Cc1[nH]c2cccc(C(=O)O)c2c1C=O. The van der Waals surface area contributed by atoms with Gasteiger partial charge < -0.3 is 10.1 Å². The van der Waals surface area contributed by atoms with E-state index in [4.69, 9.17) is 5.11 Å². The zero-order valence-corrected chi connectivity index (χ0v) is 8.07. The molecule has 15 heavy (non-hydrogen) atoms. The minimum Gasteiger partial charge on any atom is -0.478 e. The van der Waals surface area contributed by atoms with Crippen LogP contribution in [0.5, 0.6) is 0 Å². The predicted molar refractivity (Wildman–Crippen MR) is 55.4 cm³/mol. The molecule has 0 spiro atoms. The fourth-order valence-electron chi connectivity index (χ4n) is 1.73. The second-order valence-electron chi connectivity index (χ2n) is 3.31. The van der Waals surface area contributed by atoms with Gasteiger partial charge in [0.1, 0.15) is 0 Å². The highest BCUT2D eigenvalue weighted by atomic mass is 16.4. The Bertz CT molecular complexity index is 554. The van der Waals surface area contributed by atoms with E-state index in [1.54, 1.807) is 19.1 Å². The lowest BCUT2D eigenvalue weighted by Gasteiger charge is -1.97. The molecular formula is C11H9NO3. The fraction of sp³-hybridized carbons (Fsp3) is 0.0909. The van der Waals surface area contributed by atoms with Gasteiger partial charge >= 0.3 is 5.97 Å². The van der Waals surface area contributed by atoms with Gasteiger partial charge in [-0.25, -0.2) is 4.79 Å². The molecule has 2 N–H and O–H groups in total. The molecule has 0 radical (unpaired) electrons. The Kier molecular flexibility index (Phi) is 2.04. The molecule has 0 aliphatic heterocycles. The largest absolute Gasteiger partial charge is 0.478 e. The number of aromatic amines is 1. The van der Waals surface area contributed by atoms with Crippen molar-refractivity contribution in [2.24, 2.45) is 0 Å². The number of aromatic nitrogens is 1. The molecule has 0 aliphatic carbocycles. The molecule has 0 aliphatic rings. The van der Waals surface area contributed by atoms with Crippen LogP contribution < -0.4 is 0 Å². The molecule has 0 unspecified atom stereocenters. The van der Waals surface area contributed by atoms with E-state index in [1.165, 1.54) is 6.07 Å². The highest BCUT2D eigenvalue weighted by Gasteiger charge is 2.15. The quantitative estimate of drug-likeness (QED) is 0.733. The minimum atomic E-state index is -1.03. The van der Waals surface area contributed by atoms with Gasteiger partial charge in [-0.1, -0.05) is 6.07 Å². The molecule has 1 aromatic heterocycles. The van der Waals surface area contributed by atoms with Crippen LogP contribution in [-0.4, -0.2) is 22.3 Å². The number of carbonyl (C=O) groups is 2. The molecule has 4 heteroatoms. The summed E-state index contributed by atoms with van der Waals surface area (Å²) in [4.78, 5) is 24.8. The summed E-state index contributed by atoms with van der Waals surface area (Å²) in [6.45, 7) is 1.75. The molecule has 1 heterocycles. The molecule has 1 aromatic carbocycles. The number of fused-ring (bicyclic) bond motifs is 1. The first-order valence-corrected chi connectivity index (χ1v) is 4.45. The van der Waals surface area contributed by atoms with Crippen molar-refractivity contribution in [3.63, 3.8) is 0 Å². The number of carbonyl (C=O) groups excluding carboxylic acids is 1. The molecule has 4 nitrogen and oxygen atoms in total. The predicted octanol–water partition coefficient (Wildman–Crippen LogP) is 1.99. The van der Waals surface area contributed by atoms with Gasteiger partial charge in [0, 0.05) is 22.2 Å². The van der Waals surface area contributed by atoms with Crippen LogP contribution in [-0.2, 0) is 0 Å². The summed E-state index contributed by atoms with van der Waals surface area (Å²) in [6, 6.07) is 4.89. The first-order chi connectivity index (χ1) is 7.15. The summed E-state index contributed by atoms with van der Waals surface area (Å²) < 4.78 is 0. The van der Waals surface area contributed by atoms with Gasteiger partial charge in [-0.15, -0.1) is 0 Å². The first-order valence-electron chi connectivity index (χ1n) is 4.45. The summed E-state index contributed by atoms with van der Waals surface area (Å²) in [6.07, 6.45) is 0.681. The average molecular weight is 203 g/mol. The van der Waals surface area contributed by atoms with Crippen molar-refractivity contribution >= 4 is 23.2 Å². The Morgan fingerprint density at radius 2 is 2.20 bits per heavy atom. The third-order valence-corrected chi connectivity index (χ3v) is 2.41. The standard InChI is InChI=1S/C11H9NO3/c1-6-8(5-13)10-7(11(14)15)3-2-4-9(10)12-6/h2-5,12H,1H3,(H,14,15). The fourth-order valence-corrected chi connectivity index (χ4v) is 1.73. The summed E-state index contributed by atoms with van der Waals surface area (Å²) in [5, 5.41) is 9.47. The number of aromatic carboxylic acids is 1. The zero-order chi connectivity index (χ0) is 11.0. The summed E-state index contributed by atoms with van der Waals surface area (Å²) in [5.41, 5.74) is 1.94. The van der Waals surface area contributed by atoms with E-state index in [2.05, 4.69) is 4.98 Å². The van der Waals surface area contributed by atoms with Gasteiger partial charge in [0.15, 0.2) is 6.29 Å². The van der Waals surface area contributed by atoms with Gasteiger partial charge in [0.25, 0.3) is 0 Å². The van der Waals surface area contributed by atoms with E-state index in [0.29, 0.717) is 28.4 Å². The van der Waals surface area contributed by atoms with Crippen LogP contribution in [0, 0.1) is 6.92 Å². The molecule has 0 fully saturated rings. The normalized spacial score (nSPS) is 10.5. The van der Waals surface area contributed by atoms with Crippen LogP contribution >= 0.6 is 0 Å². The Hall–Kier alpha value is -2.10. The second-order valence-corrected chi connectivity index (χ2v) is 3.31. The van der Waals surface area contributed by atoms with E-state index in [0.717, 1.165) is 0 Å². The molecule has 2 aromatic rings. The number of hydrogen-bond acceptors (Lipinski definition) is 2. The number of carboxylic acids is 1. The van der Waals surface area contributed by atoms with E-state index < -0.39 is 5.97 Å². The van der Waals surface area contributed by atoms with E-state index in [9.17, 15) is 9.59 Å². The van der Waals surface area contributed by atoms with E-state index >= 15 is 0 Å². The summed E-state index contributed by atoms with van der Waals surface area (Å²) >= 11 is 0. The maximum atomic E-state index is 11.0. The van der Waals surface area contributed by atoms with Crippen LogP contribution in [0.4, 0.5) is 0 Å². The highest BCUT2D eigenvalue weighted by Crippen LogP contribution is 2.24. The minimum absolute atomic E-state index is 0.152. The molecule has 0 bridgehead atoms. The first kappa shape index (κ1) is 9.45. The van der Waals surface area contributed by atoms with Crippen LogP contribution in [0.1, 0.15) is 26.4 Å². The monoisotopic (exact) mass is 203 g/mol. The van der Waals surface area contributed by atoms with E-state index in [-0.39, 0.29) is 5.56 Å². The van der Waals surface area contributed by atoms with Crippen molar-refractivity contribution in [3.05, 3.63) is 35.0 Å². The molecule has 76 valence electrons. The van der Waals surface area contributed by atoms with Gasteiger partial charge in [0.2, 0.25) is 0 Å². The van der Waals surface area contributed by atoms with Crippen LogP contribution in [0.2, 0.25) is 0 Å². The van der Waals surface area contributed by atoms with Crippen molar-refractivity contribution < 1.29 is 14.7 Å². The topological polar surface area (TPSA) is 70.2 Å². The third-order valence-electron chi connectivity index (χ3n) is 2.41.